The second kappa shape index (κ2) is 8.97. The van der Waals surface area contributed by atoms with Crippen molar-refractivity contribution in [3.63, 3.8) is 0 Å². The van der Waals surface area contributed by atoms with Gasteiger partial charge in [0.1, 0.15) is 5.82 Å². The van der Waals surface area contributed by atoms with Gasteiger partial charge in [-0.3, -0.25) is 9.59 Å². The van der Waals surface area contributed by atoms with E-state index < -0.39 is 17.8 Å². The number of carboxylic acid groups (broad SMARTS) is 1. The van der Waals surface area contributed by atoms with Crippen LogP contribution < -0.4 is 5.32 Å². The van der Waals surface area contributed by atoms with Crippen molar-refractivity contribution in [2.75, 3.05) is 0 Å². The summed E-state index contributed by atoms with van der Waals surface area (Å²) in [6.45, 7) is 2.08. The van der Waals surface area contributed by atoms with Gasteiger partial charge in [-0.2, -0.15) is 0 Å². The number of hydrogen-bond donors (Lipinski definition) is 2. The highest BCUT2D eigenvalue weighted by atomic mass is 19.1. The van der Waals surface area contributed by atoms with Gasteiger partial charge in [0.15, 0.2) is 0 Å². The van der Waals surface area contributed by atoms with Crippen LogP contribution in [-0.2, 0) is 22.4 Å². The molecule has 0 spiro atoms. The van der Waals surface area contributed by atoms with Crippen LogP contribution in [0.2, 0.25) is 0 Å². The molecule has 2 N–H and O–H groups in total. The molecule has 0 saturated heterocycles. The second-order valence-electron chi connectivity index (χ2n) is 5.94. The molecule has 0 bridgehead atoms. The molecular formula is C20H22FNO3. The van der Waals surface area contributed by atoms with Gasteiger partial charge in [0.25, 0.3) is 0 Å². The van der Waals surface area contributed by atoms with Gasteiger partial charge < -0.3 is 10.4 Å². The van der Waals surface area contributed by atoms with Crippen molar-refractivity contribution in [2.24, 2.45) is 0 Å². The summed E-state index contributed by atoms with van der Waals surface area (Å²) in [7, 11) is 0. The second-order valence-corrected chi connectivity index (χ2v) is 5.94. The minimum Gasteiger partial charge on any atom is -0.481 e. The van der Waals surface area contributed by atoms with Crippen molar-refractivity contribution in [1.29, 1.82) is 0 Å². The smallest absolute Gasteiger partial charge is 0.305 e. The average Bonchev–Trinajstić information content (AvgIpc) is 2.60. The molecule has 0 aliphatic rings. The maximum absolute atomic E-state index is 13.0. The van der Waals surface area contributed by atoms with Crippen LogP contribution in [0.1, 0.15) is 42.5 Å². The molecule has 2 aromatic rings. The predicted molar refractivity (Wildman–Crippen MR) is 93.7 cm³/mol. The molecule has 1 unspecified atom stereocenters. The van der Waals surface area contributed by atoms with Crippen molar-refractivity contribution >= 4 is 11.9 Å². The molecule has 5 heteroatoms. The molecule has 1 amide bonds. The summed E-state index contributed by atoms with van der Waals surface area (Å²) in [5.41, 5.74) is 2.87. The Morgan fingerprint density at radius 1 is 1.04 bits per heavy atom. The highest BCUT2D eigenvalue weighted by Gasteiger charge is 2.18. The third-order valence-corrected chi connectivity index (χ3v) is 4.06. The lowest BCUT2D eigenvalue weighted by Crippen LogP contribution is -2.30. The van der Waals surface area contributed by atoms with Gasteiger partial charge in [-0.25, -0.2) is 4.39 Å². The molecule has 2 rings (SSSR count). The van der Waals surface area contributed by atoms with E-state index in [2.05, 4.69) is 12.2 Å². The standard InChI is InChI=1S/C20H22FNO3/c1-2-14-3-5-15(6-4-14)7-12-19(23)22-18(13-20(24)25)16-8-10-17(21)11-9-16/h3-6,8-11,18H,2,7,12-13H2,1H3,(H,22,23)(H,24,25). The predicted octanol–water partition coefficient (Wildman–Crippen LogP) is 3.65. The number of carbonyl (C=O) groups is 2. The molecule has 0 radical (unpaired) electrons. The maximum Gasteiger partial charge on any atom is 0.305 e. The van der Waals surface area contributed by atoms with Crippen molar-refractivity contribution in [3.8, 4) is 0 Å². The average molecular weight is 343 g/mol. The molecule has 132 valence electrons. The summed E-state index contributed by atoms with van der Waals surface area (Å²) in [5.74, 6) is -1.65. The van der Waals surface area contributed by atoms with Gasteiger partial charge in [0, 0.05) is 6.42 Å². The Kier molecular flexibility index (Phi) is 6.69. The van der Waals surface area contributed by atoms with Crippen molar-refractivity contribution in [3.05, 3.63) is 71.0 Å². The molecule has 1 atom stereocenters. The number of nitrogens with one attached hydrogen (secondary N) is 1. The van der Waals surface area contributed by atoms with Gasteiger partial charge in [0.2, 0.25) is 5.91 Å². The quantitative estimate of drug-likeness (QED) is 0.769. The van der Waals surface area contributed by atoms with E-state index in [9.17, 15) is 14.0 Å². The molecule has 4 nitrogen and oxygen atoms in total. The fraction of sp³-hybridized carbons (Fsp3) is 0.300. The Bertz CT molecular complexity index is 711. The van der Waals surface area contributed by atoms with E-state index in [1.807, 2.05) is 24.3 Å². The van der Waals surface area contributed by atoms with E-state index in [1.165, 1.54) is 29.8 Å². The first-order chi connectivity index (χ1) is 12.0. The molecule has 0 heterocycles. The molecule has 2 aromatic carbocycles. The van der Waals surface area contributed by atoms with Gasteiger partial charge >= 0.3 is 5.97 Å². The van der Waals surface area contributed by atoms with E-state index in [0.29, 0.717) is 12.0 Å². The Morgan fingerprint density at radius 2 is 1.64 bits per heavy atom. The van der Waals surface area contributed by atoms with Crippen LogP contribution >= 0.6 is 0 Å². The fourth-order valence-electron chi connectivity index (χ4n) is 2.59. The van der Waals surface area contributed by atoms with E-state index in [0.717, 1.165) is 12.0 Å². The molecule has 0 saturated carbocycles. The zero-order valence-corrected chi connectivity index (χ0v) is 14.2. The van der Waals surface area contributed by atoms with Crippen LogP contribution in [0.3, 0.4) is 0 Å². The SMILES string of the molecule is CCc1ccc(CCC(=O)NC(CC(=O)O)c2ccc(F)cc2)cc1. The number of benzene rings is 2. The van der Waals surface area contributed by atoms with Gasteiger partial charge in [0.05, 0.1) is 12.5 Å². The normalized spacial score (nSPS) is 11.8. The number of rotatable bonds is 8. The van der Waals surface area contributed by atoms with Gasteiger partial charge in [-0.15, -0.1) is 0 Å². The summed E-state index contributed by atoms with van der Waals surface area (Å²) >= 11 is 0. The Hall–Kier alpha value is -2.69. The maximum atomic E-state index is 13.0. The highest BCUT2D eigenvalue weighted by molar-refractivity contribution is 5.78. The highest BCUT2D eigenvalue weighted by Crippen LogP contribution is 2.18. The number of carbonyl (C=O) groups excluding carboxylic acids is 1. The minimum absolute atomic E-state index is 0.227. The number of aryl methyl sites for hydroxylation is 2. The van der Waals surface area contributed by atoms with Crippen molar-refractivity contribution in [1.82, 2.24) is 5.32 Å². The number of aliphatic carboxylic acids is 1. The zero-order valence-electron chi connectivity index (χ0n) is 14.2. The number of carboxylic acids is 1. The first kappa shape index (κ1) is 18.6. The van der Waals surface area contributed by atoms with Crippen LogP contribution in [0.4, 0.5) is 4.39 Å². The lowest BCUT2D eigenvalue weighted by molar-refractivity contribution is -0.137. The molecule has 25 heavy (non-hydrogen) atoms. The first-order valence-corrected chi connectivity index (χ1v) is 8.32. The van der Waals surface area contributed by atoms with Crippen LogP contribution in [0.25, 0.3) is 0 Å². The molecule has 0 aromatic heterocycles. The van der Waals surface area contributed by atoms with E-state index >= 15 is 0 Å². The Morgan fingerprint density at radius 3 is 2.20 bits per heavy atom. The lowest BCUT2D eigenvalue weighted by Gasteiger charge is -2.17. The first-order valence-electron chi connectivity index (χ1n) is 8.32. The Labute approximate surface area is 146 Å². The monoisotopic (exact) mass is 343 g/mol. The minimum atomic E-state index is -1.02. The van der Waals surface area contributed by atoms with E-state index in [1.54, 1.807) is 0 Å². The van der Waals surface area contributed by atoms with Crippen LogP contribution in [0.5, 0.6) is 0 Å². The van der Waals surface area contributed by atoms with Crippen LogP contribution in [0.15, 0.2) is 48.5 Å². The Balaban J connectivity index is 1.96. The van der Waals surface area contributed by atoms with E-state index in [-0.39, 0.29) is 18.7 Å². The topological polar surface area (TPSA) is 66.4 Å². The number of halogens is 1. The lowest BCUT2D eigenvalue weighted by atomic mass is 10.0. The zero-order chi connectivity index (χ0) is 18.2. The third kappa shape index (κ3) is 6.03. The molecule has 0 aliphatic carbocycles. The molecule has 0 fully saturated rings. The van der Waals surface area contributed by atoms with Crippen molar-refractivity contribution in [2.45, 2.75) is 38.6 Å². The number of amides is 1. The van der Waals surface area contributed by atoms with Crippen LogP contribution in [0, 0.1) is 5.82 Å². The summed E-state index contributed by atoms with van der Waals surface area (Å²) in [6.07, 6.45) is 1.57. The summed E-state index contributed by atoms with van der Waals surface area (Å²) in [6, 6.07) is 12.9. The summed E-state index contributed by atoms with van der Waals surface area (Å²) in [4.78, 5) is 23.2. The van der Waals surface area contributed by atoms with Crippen molar-refractivity contribution < 1.29 is 19.1 Å². The van der Waals surface area contributed by atoms with Crippen LogP contribution in [-0.4, -0.2) is 17.0 Å². The van der Waals surface area contributed by atoms with Gasteiger partial charge in [-0.1, -0.05) is 43.3 Å². The largest absolute Gasteiger partial charge is 0.481 e. The fourth-order valence-corrected chi connectivity index (χ4v) is 2.59. The third-order valence-electron chi connectivity index (χ3n) is 4.06. The molecular weight excluding hydrogens is 321 g/mol. The summed E-state index contributed by atoms with van der Waals surface area (Å²) < 4.78 is 13.0. The van der Waals surface area contributed by atoms with E-state index in [4.69, 9.17) is 5.11 Å². The number of hydrogen-bond acceptors (Lipinski definition) is 2. The molecule has 0 aliphatic heterocycles. The van der Waals surface area contributed by atoms with Gasteiger partial charge in [-0.05, 0) is 41.7 Å². The summed E-state index contributed by atoms with van der Waals surface area (Å²) in [5, 5.41) is 11.8.